The van der Waals surface area contributed by atoms with Gasteiger partial charge in [-0.3, -0.25) is 4.79 Å². The minimum absolute atomic E-state index is 0.0309. The molecule has 1 fully saturated rings. The van der Waals surface area contributed by atoms with E-state index in [-0.39, 0.29) is 23.9 Å². The molecule has 4 unspecified atom stereocenters. The Morgan fingerprint density at radius 1 is 1.38 bits per heavy atom. The van der Waals surface area contributed by atoms with E-state index in [0.29, 0.717) is 6.10 Å². The quantitative estimate of drug-likeness (QED) is 0.689. The zero-order valence-electron chi connectivity index (χ0n) is 9.69. The Bertz CT molecular complexity index is 291. The van der Waals surface area contributed by atoms with Gasteiger partial charge in [0.1, 0.15) is 0 Å². The molecule has 1 saturated carbocycles. The molecule has 0 saturated heterocycles. The lowest BCUT2D eigenvalue weighted by molar-refractivity contribution is -0.124. The molecule has 0 aromatic rings. The highest BCUT2D eigenvalue weighted by Gasteiger charge is 2.29. The van der Waals surface area contributed by atoms with Crippen molar-refractivity contribution < 1.29 is 9.53 Å². The van der Waals surface area contributed by atoms with Crippen LogP contribution >= 0.6 is 0 Å². The van der Waals surface area contributed by atoms with Gasteiger partial charge in [-0.15, -0.1) is 0 Å². The summed E-state index contributed by atoms with van der Waals surface area (Å²) in [5, 5.41) is 3.08. The monoisotopic (exact) mass is 224 g/mol. The molecule has 2 rings (SSSR count). The summed E-state index contributed by atoms with van der Waals surface area (Å²) in [6.45, 7) is 0. The van der Waals surface area contributed by atoms with Crippen LogP contribution in [0.5, 0.6) is 0 Å². The van der Waals surface area contributed by atoms with E-state index >= 15 is 0 Å². The molecule has 1 amide bonds. The second kappa shape index (κ2) is 4.97. The van der Waals surface area contributed by atoms with Gasteiger partial charge in [-0.05, 0) is 25.7 Å². The van der Waals surface area contributed by atoms with Gasteiger partial charge >= 0.3 is 0 Å². The minimum atomic E-state index is -0.0309. The molecule has 0 heterocycles. The highest BCUT2D eigenvalue weighted by molar-refractivity contribution is 5.81. The third-order valence-corrected chi connectivity index (χ3v) is 3.52. The topological polar surface area (TPSA) is 64.3 Å². The summed E-state index contributed by atoms with van der Waals surface area (Å²) < 4.78 is 5.28. The zero-order chi connectivity index (χ0) is 11.5. The molecule has 2 aliphatic carbocycles. The maximum atomic E-state index is 11.9. The van der Waals surface area contributed by atoms with Crippen molar-refractivity contribution in [2.24, 2.45) is 11.7 Å². The van der Waals surface area contributed by atoms with E-state index in [1.165, 1.54) is 0 Å². The van der Waals surface area contributed by atoms with Gasteiger partial charge in [0.25, 0.3) is 0 Å². The summed E-state index contributed by atoms with van der Waals surface area (Å²) in [4.78, 5) is 11.9. The first-order chi connectivity index (χ1) is 7.69. The number of ether oxygens (including phenoxy) is 1. The fourth-order valence-corrected chi connectivity index (χ4v) is 2.52. The maximum Gasteiger partial charge on any atom is 0.227 e. The van der Waals surface area contributed by atoms with Gasteiger partial charge in [0.2, 0.25) is 5.91 Å². The molecular weight excluding hydrogens is 204 g/mol. The second-order valence-corrected chi connectivity index (χ2v) is 4.77. The molecule has 0 radical (unpaired) electrons. The number of hydrogen-bond donors (Lipinski definition) is 2. The Morgan fingerprint density at radius 2 is 2.19 bits per heavy atom. The lowest BCUT2D eigenvalue weighted by Crippen LogP contribution is -2.37. The average molecular weight is 224 g/mol. The van der Waals surface area contributed by atoms with Crippen LogP contribution in [0.4, 0.5) is 0 Å². The standard InChI is InChI=1S/C12H20N2O2/c1-16-11-5-4-10(7-11)14-12(15)8-2-3-9(13)6-8/h2-3,8-11H,4-7,13H2,1H3,(H,14,15). The van der Waals surface area contributed by atoms with Crippen molar-refractivity contribution in [2.75, 3.05) is 7.11 Å². The number of hydrogen-bond acceptors (Lipinski definition) is 3. The van der Waals surface area contributed by atoms with Crippen LogP contribution < -0.4 is 11.1 Å². The maximum absolute atomic E-state index is 11.9. The molecule has 4 atom stereocenters. The number of carbonyl (C=O) groups is 1. The molecule has 0 aromatic carbocycles. The van der Waals surface area contributed by atoms with Crippen molar-refractivity contribution in [3.05, 3.63) is 12.2 Å². The Balaban J connectivity index is 1.78. The Labute approximate surface area is 96.2 Å². The number of rotatable bonds is 3. The lowest BCUT2D eigenvalue weighted by atomic mass is 10.1. The molecule has 4 heteroatoms. The third kappa shape index (κ3) is 2.62. The lowest BCUT2D eigenvalue weighted by Gasteiger charge is -2.16. The second-order valence-electron chi connectivity index (χ2n) is 4.77. The average Bonchev–Trinajstić information content (AvgIpc) is 2.87. The molecule has 3 N–H and O–H groups in total. The normalized spacial score (nSPS) is 37.9. The number of amides is 1. The van der Waals surface area contributed by atoms with E-state index < -0.39 is 0 Å². The summed E-state index contributed by atoms with van der Waals surface area (Å²) in [5.41, 5.74) is 5.73. The Kier molecular flexibility index (Phi) is 3.61. The van der Waals surface area contributed by atoms with Gasteiger partial charge in [-0.1, -0.05) is 12.2 Å². The Morgan fingerprint density at radius 3 is 2.75 bits per heavy atom. The minimum Gasteiger partial charge on any atom is -0.381 e. The third-order valence-electron chi connectivity index (χ3n) is 3.52. The van der Waals surface area contributed by atoms with E-state index in [2.05, 4.69) is 5.32 Å². The van der Waals surface area contributed by atoms with Gasteiger partial charge < -0.3 is 15.8 Å². The molecule has 0 aromatic heterocycles. The number of methoxy groups -OCH3 is 1. The summed E-state index contributed by atoms with van der Waals surface area (Å²) in [6, 6.07) is 0.328. The van der Waals surface area contributed by atoms with E-state index in [9.17, 15) is 4.79 Å². The van der Waals surface area contributed by atoms with Crippen LogP contribution in [-0.4, -0.2) is 31.2 Å². The van der Waals surface area contributed by atoms with Crippen molar-refractivity contribution in [1.29, 1.82) is 0 Å². The van der Waals surface area contributed by atoms with Crippen molar-refractivity contribution in [3.63, 3.8) is 0 Å². The summed E-state index contributed by atoms with van der Waals surface area (Å²) >= 11 is 0. The molecule has 16 heavy (non-hydrogen) atoms. The van der Waals surface area contributed by atoms with Gasteiger partial charge in [0.05, 0.1) is 12.0 Å². The predicted molar refractivity (Wildman–Crippen MR) is 61.8 cm³/mol. The van der Waals surface area contributed by atoms with Gasteiger partial charge in [0, 0.05) is 19.2 Å². The highest BCUT2D eigenvalue weighted by Crippen LogP contribution is 2.23. The fraction of sp³-hybridized carbons (Fsp3) is 0.750. The van der Waals surface area contributed by atoms with E-state index in [0.717, 1.165) is 25.7 Å². The largest absolute Gasteiger partial charge is 0.381 e. The summed E-state index contributed by atoms with van der Waals surface area (Å²) in [5.74, 6) is 0.0857. The van der Waals surface area contributed by atoms with Crippen LogP contribution in [0, 0.1) is 5.92 Å². The smallest absolute Gasteiger partial charge is 0.227 e. The Hall–Kier alpha value is -0.870. The molecule has 2 aliphatic rings. The molecule has 0 bridgehead atoms. The van der Waals surface area contributed by atoms with Crippen molar-refractivity contribution in [1.82, 2.24) is 5.32 Å². The predicted octanol–water partition coefficient (Wildman–Crippen LogP) is 0.574. The number of nitrogens with two attached hydrogens (primary N) is 1. The molecular formula is C12H20N2O2. The van der Waals surface area contributed by atoms with Gasteiger partial charge in [0.15, 0.2) is 0 Å². The van der Waals surface area contributed by atoms with E-state index in [4.69, 9.17) is 10.5 Å². The molecule has 4 nitrogen and oxygen atoms in total. The SMILES string of the molecule is COC1CCC(NC(=O)C2C=CC(N)C2)C1. The first kappa shape index (κ1) is 11.6. The van der Waals surface area contributed by atoms with Crippen LogP contribution in [0.25, 0.3) is 0 Å². The zero-order valence-corrected chi connectivity index (χ0v) is 9.69. The van der Waals surface area contributed by atoms with Crippen LogP contribution in [0.3, 0.4) is 0 Å². The van der Waals surface area contributed by atoms with E-state index in [1.807, 2.05) is 12.2 Å². The summed E-state index contributed by atoms with van der Waals surface area (Å²) in [7, 11) is 1.73. The van der Waals surface area contributed by atoms with Crippen LogP contribution in [0.15, 0.2) is 12.2 Å². The fourth-order valence-electron chi connectivity index (χ4n) is 2.52. The first-order valence-electron chi connectivity index (χ1n) is 5.96. The number of carbonyl (C=O) groups excluding carboxylic acids is 1. The van der Waals surface area contributed by atoms with Gasteiger partial charge in [-0.2, -0.15) is 0 Å². The van der Waals surface area contributed by atoms with Crippen LogP contribution in [0.1, 0.15) is 25.7 Å². The molecule has 90 valence electrons. The van der Waals surface area contributed by atoms with E-state index in [1.54, 1.807) is 7.11 Å². The van der Waals surface area contributed by atoms with Crippen LogP contribution in [-0.2, 0) is 9.53 Å². The molecule has 0 spiro atoms. The van der Waals surface area contributed by atoms with Crippen LogP contribution in [0.2, 0.25) is 0 Å². The van der Waals surface area contributed by atoms with Gasteiger partial charge in [-0.25, -0.2) is 0 Å². The van der Waals surface area contributed by atoms with Crippen molar-refractivity contribution in [2.45, 2.75) is 43.9 Å². The first-order valence-corrected chi connectivity index (χ1v) is 5.96. The van der Waals surface area contributed by atoms with Crippen molar-refractivity contribution >= 4 is 5.91 Å². The molecule has 0 aliphatic heterocycles. The summed E-state index contributed by atoms with van der Waals surface area (Å²) in [6.07, 6.45) is 7.89. The number of nitrogens with one attached hydrogen (secondary N) is 1. The highest BCUT2D eigenvalue weighted by atomic mass is 16.5. The van der Waals surface area contributed by atoms with Crippen molar-refractivity contribution in [3.8, 4) is 0 Å².